The third-order valence-electron chi connectivity index (χ3n) is 15.3. The Morgan fingerprint density at radius 3 is 1.14 bits per heavy atom. The maximum Gasteiger partial charge on any atom is 0.217 e. The van der Waals surface area contributed by atoms with Crippen molar-refractivity contribution in [2.45, 2.75) is 229 Å². The van der Waals surface area contributed by atoms with Crippen LogP contribution < -0.4 is 10.6 Å². The second-order valence-corrected chi connectivity index (χ2v) is 21.1. The summed E-state index contributed by atoms with van der Waals surface area (Å²) in [5, 5.41) is 231. The van der Waals surface area contributed by atoms with Crippen molar-refractivity contribution in [1.29, 1.82) is 0 Å². The zero-order chi connectivity index (χ0) is 61.9. The van der Waals surface area contributed by atoms with Crippen LogP contribution in [0.2, 0.25) is 0 Å². The molecule has 0 radical (unpaired) electrons. The Bertz CT molecular complexity index is 2060. The Kier molecular flexibility index (Phi) is 24.6. The van der Waals surface area contributed by atoms with E-state index in [4.69, 9.17) is 61.6 Å². The molecule has 0 unspecified atom stereocenters. The highest BCUT2D eigenvalue weighted by Crippen LogP contribution is 2.37. The van der Waals surface area contributed by atoms with Crippen LogP contribution in [0, 0.1) is 0 Å². The van der Waals surface area contributed by atoms with Crippen molar-refractivity contribution in [2.24, 2.45) is 0 Å². The Balaban J connectivity index is 1.17. The lowest BCUT2D eigenvalue weighted by molar-refractivity contribution is -0.398. The first kappa shape index (κ1) is 69.1. The van der Waals surface area contributed by atoms with Gasteiger partial charge in [-0.25, -0.2) is 0 Å². The molecule has 38 nitrogen and oxygen atoms in total. The minimum absolute atomic E-state index is 0.742. The van der Waals surface area contributed by atoms with Crippen LogP contribution in [0.3, 0.4) is 0 Å². The van der Waals surface area contributed by atoms with Gasteiger partial charge in [0.25, 0.3) is 0 Å². The van der Waals surface area contributed by atoms with Gasteiger partial charge >= 0.3 is 0 Å². The molecule has 7 aliphatic rings. The summed E-state index contributed by atoms with van der Waals surface area (Å²) in [4.78, 5) is 24.7. The van der Waals surface area contributed by atoms with Crippen molar-refractivity contribution in [3.05, 3.63) is 0 Å². The molecule has 2 amide bonds. The van der Waals surface area contributed by atoms with Gasteiger partial charge in [0, 0.05) is 13.8 Å². The third-order valence-corrected chi connectivity index (χ3v) is 15.3. The highest BCUT2D eigenvalue weighted by molar-refractivity contribution is 5.73. The molecule has 7 heterocycles. The number of carbonyl (C=O) groups excluding carboxylic acids is 2. The van der Waals surface area contributed by atoms with Crippen LogP contribution in [-0.4, -0.2) is 380 Å². The van der Waals surface area contributed by atoms with E-state index in [1.807, 2.05) is 0 Å². The minimum atomic E-state index is -2.40. The molecule has 7 rings (SSSR count). The third kappa shape index (κ3) is 14.9. The fraction of sp³-hybridized carbons (Fsp3) is 0.957. The minimum Gasteiger partial charge on any atom is -0.394 e. The highest BCUT2D eigenvalue weighted by atomic mass is 16.8. The molecule has 0 saturated carbocycles. The number of rotatable bonds is 21. The molecule has 0 aromatic heterocycles. The van der Waals surface area contributed by atoms with Crippen LogP contribution in [-0.2, 0) is 71.2 Å². The SMILES string of the molecule is CC(=O)N[C@@H]1[C@@H](O)[C@H](O[C@@H]2O[C@H](CO)[C@@H](O[C@@H]3O[C@H](CO[C@H]4O[C@H](CO[C@H]5O[C@H](CO)[C@@H](O)[C@H](O)[C@@H]5O)[C@@H](O)[C@H](O)[C@@H]4O)[C@@H](O)[C@H](O[C@@H]4O[C@H](CO)[C@@H](O)[C@H](O)[C@@H]4O[C@H]4O[C@H](CO)[C@@H](O)[C@H](O)[C@@H]4O)[C@@H]3O)[C@H](O)[C@H]2NC(C)=O)[C@@H](CO)O[C@H]1O. The Morgan fingerprint density at radius 1 is 0.310 bits per heavy atom. The summed E-state index contributed by atoms with van der Waals surface area (Å²) in [6.45, 7) is -4.73. The van der Waals surface area contributed by atoms with E-state index in [0.717, 1.165) is 13.8 Å². The summed E-state index contributed by atoms with van der Waals surface area (Å²) in [6.07, 6.45) is -65.2. The van der Waals surface area contributed by atoms with Gasteiger partial charge in [0.05, 0.1) is 46.2 Å². The number of aliphatic hydroxyl groups is 21. The fourth-order valence-electron chi connectivity index (χ4n) is 10.6. The Morgan fingerprint density at radius 2 is 0.643 bits per heavy atom. The first-order valence-corrected chi connectivity index (χ1v) is 26.6. The molecule has 38 heteroatoms. The fourth-order valence-corrected chi connectivity index (χ4v) is 10.6. The van der Waals surface area contributed by atoms with E-state index in [2.05, 4.69) is 10.6 Å². The van der Waals surface area contributed by atoms with Gasteiger partial charge in [-0.1, -0.05) is 0 Å². The molecular formula is C46H78N2O36. The largest absolute Gasteiger partial charge is 0.394 e. The topological polar surface area (TPSA) is 603 Å². The normalized spacial score (nSPS) is 50.3. The maximum atomic E-state index is 12.7. The lowest BCUT2D eigenvalue weighted by Crippen LogP contribution is -2.70. The molecule has 0 aromatic rings. The zero-order valence-corrected chi connectivity index (χ0v) is 44.7. The average Bonchev–Trinajstić information content (AvgIpc) is 2.89. The lowest BCUT2D eigenvalue weighted by Gasteiger charge is -2.50. The van der Waals surface area contributed by atoms with Crippen LogP contribution in [0.5, 0.6) is 0 Å². The van der Waals surface area contributed by atoms with Gasteiger partial charge in [0.15, 0.2) is 44.0 Å². The maximum absolute atomic E-state index is 12.7. The van der Waals surface area contributed by atoms with Gasteiger partial charge < -0.3 is 179 Å². The molecule has 84 heavy (non-hydrogen) atoms. The number of nitrogens with one attached hydrogen (secondary N) is 2. The second-order valence-electron chi connectivity index (χ2n) is 21.1. The summed E-state index contributed by atoms with van der Waals surface area (Å²) in [5.41, 5.74) is 0. The van der Waals surface area contributed by atoms with E-state index in [1.165, 1.54) is 0 Å². The van der Waals surface area contributed by atoms with Gasteiger partial charge in [0.2, 0.25) is 11.8 Å². The smallest absolute Gasteiger partial charge is 0.217 e. The van der Waals surface area contributed by atoms with Crippen molar-refractivity contribution in [2.75, 3.05) is 46.2 Å². The quantitative estimate of drug-likeness (QED) is 0.0507. The van der Waals surface area contributed by atoms with E-state index in [1.54, 1.807) is 0 Å². The Hall–Kier alpha value is -2.42. The van der Waals surface area contributed by atoms with Crippen LogP contribution in [0.4, 0.5) is 0 Å². The first-order valence-electron chi connectivity index (χ1n) is 26.6. The van der Waals surface area contributed by atoms with Gasteiger partial charge in [0.1, 0.15) is 171 Å². The van der Waals surface area contributed by atoms with Gasteiger partial charge in [-0.15, -0.1) is 0 Å². The van der Waals surface area contributed by atoms with Crippen LogP contribution in [0.1, 0.15) is 13.8 Å². The molecule has 23 N–H and O–H groups in total. The standard InChI is InChI=1S/C46H78N2O36/c1-10(54)47-19-26(61)36(15(6-52)74-40(19)71)81-41-20(48-11(2)55)27(62)37(16(7-53)78-41)82-45-35(70)38(83-46-39(31(66)23(58)14(5-51)77-46)84-44-34(69)29(64)22(57)13(4-50)76-44)25(60)18(80-45)9-73-43-33(68)30(65)24(59)17(79-43)8-72-42-32(67)28(63)21(56)12(3-49)75-42/h12-46,49-53,56-71H,3-9H2,1-2H3,(H,47,54)(H,48,55)/t12-,13-,14-,15-,16-,17-,18-,19-,20-,21-,22-,23-,24-,25-,26-,27-,28+,29+,30+,31+,32+,33+,34+,35+,36-,37-,38+,39+,40-,41+,42+,43+,44-,45+,46+/m1/s1. The predicted molar refractivity (Wildman–Crippen MR) is 255 cm³/mol. The summed E-state index contributed by atoms with van der Waals surface area (Å²) < 4.78 is 74.4. The van der Waals surface area contributed by atoms with Crippen molar-refractivity contribution >= 4 is 11.8 Å². The molecular weight excluding hydrogens is 1160 g/mol. The van der Waals surface area contributed by atoms with Crippen LogP contribution >= 0.6 is 0 Å². The monoisotopic (exact) mass is 1230 g/mol. The lowest BCUT2D eigenvalue weighted by atomic mass is 9.94. The van der Waals surface area contributed by atoms with Crippen LogP contribution in [0.25, 0.3) is 0 Å². The van der Waals surface area contributed by atoms with E-state index < -0.39 is 273 Å². The van der Waals surface area contributed by atoms with Gasteiger partial charge in [-0.2, -0.15) is 0 Å². The highest BCUT2D eigenvalue weighted by Gasteiger charge is 2.58. The molecule has 0 spiro atoms. The first-order chi connectivity index (χ1) is 39.7. The number of amides is 2. The molecule has 0 aromatic carbocycles. The number of hydrogen-bond acceptors (Lipinski definition) is 36. The molecule has 0 bridgehead atoms. The Labute approximate surface area is 475 Å². The van der Waals surface area contributed by atoms with Gasteiger partial charge in [-0.05, 0) is 0 Å². The van der Waals surface area contributed by atoms with Crippen molar-refractivity contribution in [1.82, 2.24) is 10.6 Å². The summed E-state index contributed by atoms with van der Waals surface area (Å²) in [6, 6.07) is -3.39. The van der Waals surface area contributed by atoms with Gasteiger partial charge in [-0.3, -0.25) is 9.59 Å². The van der Waals surface area contributed by atoms with Crippen molar-refractivity contribution in [3.63, 3.8) is 0 Å². The van der Waals surface area contributed by atoms with E-state index in [9.17, 15) is 117 Å². The molecule has 7 saturated heterocycles. The summed E-state index contributed by atoms with van der Waals surface area (Å²) in [5.74, 6) is -1.62. The summed E-state index contributed by atoms with van der Waals surface area (Å²) >= 11 is 0. The second kappa shape index (κ2) is 29.9. The zero-order valence-electron chi connectivity index (χ0n) is 44.7. The van der Waals surface area contributed by atoms with Crippen molar-refractivity contribution < 1.29 is 178 Å². The molecule has 0 aliphatic carbocycles. The van der Waals surface area contributed by atoms with Crippen molar-refractivity contribution in [3.8, 4) is 0 Å². The predicted octanol–water partition coefficient (Wildman–Crippen LogP) is -16.0. The number of ether oxygens (including phenoxy) is 13. The van der Waals surface area contributed by atoms with E-state index in [0.29, 0.717) is 0 Å². The average molecular weight is 1240 g/mol. The molecule has 7 aliphatic heterocycles. The number of hydrogen-bond donors (Lipinski definition) is 23. The molecule has 488 valence electrons. The number of carbonyl (C=O) groups is 2. The number of aliphatic hydroxyl groups excluding tert-OH is 21. The van der Waals surface area contributed by atoms with E-state index in [-0.39, 0.29) is 0 Å². The molecule has 7 fully saturated rings. The summed E-state index contributed by atoms with van der Waals surface area (Å²) in [7, 11) is 0. The molecule has 35 atom stereocenters. The van der Waals surface area contributed by atoms with E-state index >= 15 is 0 Å². The van der Waals surface area contributed by atoms with Crippen LogP contribution in [0.15, 0.2) is 0 Å².